The number of rotatable bonds is 1. The average Bonchev–Trinajstić information content (AvgIpc) is 1.99. The number of ether oxygens (including phenoxy) is 1. The Labute approximate surface area is 80.9 Å². The van der Waals surface area contributed by atoms with Crippen LogP contribution in [-0.2, 0) is 4.74 Å². The molecule has 13 heavy (non-hydrogen) atoms. The third-order valence-electron chi connectivity index (χ3n) is 2.84. The van der Waals surface area contributed by atoms with Crippen molar-refractivity contribution in [2.24, 2.45) is 0 Å². The van der Waals surface area contributed by atoms with Crippen LogP contribution in [0.3, 0.4) is 0 Å². The Morgan fingerprint density at radius 2 is 1.69 bits per heavy atom. The van der Waals surface area contributed by atoms with Crippen molar-refractivity contribution in [3.05, 3.63) is 0 Å². The molecular formula is C10H22NO2+. The predicted molar refractivity (Wildman–Crippen MR) is 52.5 cm³/mol. The summed E-state index contributed by atoms with van der Waals surface area (Å²) in [6, 6.07) is 0.141. The Kier molecular flexibility index (Phi) is 2.48. The molecule has 0 aliphatic carbocycles. The first-order valence-corrected chi connectivity index (χ1v) is 4.83. The Morgan fingerprint density at radius 1 is 1.23 bits per heavy atom. The van der Waals surface area contributed by atoms with Gasteiger partial charge in [0.05, 0.1) is 27.2 Å². The Hall–Kier alpha value is -0.120. The minimum Gasteiger partial charge on any atom is -0.384 e. The quantitative estimate of drug-likeness (QED) is 0.611. The molecule has 0 bridgehead atoms. The lowest BCUT2D eigenvalue weighted by Crippen LogP contribution is -2.58. The van der Waals surface area contributed by atoms with Crippen molar-refractivity contribution in [2.75, 3.05) is 21.1 Å². The average molecular weight is 188 g/mol. The largest absolute Gasteiger partial charge is 0.384 e. The number of likely N-dealkylation sites (N-methyl/N-ethyl adjacent to an activating group) is 1. The van der Waals surface area contributed by atoms with E-state index in [-0.39, 0.29) is 23.9 Å². The summed E-state index contributed by atoms with van der Waals surface area (Å²) in [5, 5.41) is 9.99. The number of aliphatic hydroxyl groups is 1. The van der Waals surface area contributed by atoms with Crippen molar-refractivity contribution in [3.8, 4) is 0 Å². The van der Waals surface area contributed by atoms with E-state index in [2.05, 4.69) is 21.1 Å². The summed E-state index contributed by atoms with van der Waals surface area (Å²) in [5.41, 5.74) is -0.239. The van der Waals surface area contributed by atoms with Crippen molar-refractivity contribution >= 4 is 0 Å². The SMILES string of the molecule is CC1OC(C)(C)C([N+](C)(C)C)[C@@H]1O. The third-order valence-corrected chi connectivity index (χ3v) is 2.84. The molecule has 0 spiro atoms. The molecule has 1 N–H and O–H groups in total. The molecule has 1 heterocycles. The molecule has 0 aromatic heterocycles. The number of hydrogen-bond acceptors (Lipinski definition) is 2. The predicted octanol–water partition coefficient (Wildman–Crippen LogP) is 0.619. The van der Waals surface area contributed by atoms with E-state index in [0.29, 0.717) is 0 Å². The van der Waals surface area contributed by atoms with Crippen LogP contribution in [0.25, 0.3) is 0 Å². The van der Waals surface area contributed by atoms with E-state index in [9.17, 15) is 5.11 Å². The van der Waals surface area contributed by atoms with Gasteiger partial charge in [-0.3, -0.25) is 0 Å². The van der Waals surface area contributed by atoms with Gasteiger partial charge in [0.15, 0.2) is 0 Å². The molecule has 2 unspecified atom stereocenters. The van der Waals surface area contributed by atoms with Gasteiger partial charge in [0.25, 0.3) is 0 Å². The van der Waals surface area contributed by atoms with Gasteiger partial charge in [-0.1, -0.05) is 0 Å². The molecule has 78 valence electrons. The van der Waals surface area contributed by atoms with Gasteiger partial charge in [-0.2, -0.15) is 0 Å². The lowest BCUT2D eigenvalue weighted by molar-refractivity contribution is -0.903. The molecule has 0 amide bonds. The van der Waals surface area contributed by atoms with Crippen LogP contribution in [0.2, 0.25) is 0 Å². The Balaban J connectivity index is 2.94. The summed E-state index contributed by atoms with van der Waals surface area (Å²) < 4.78 is 6.47. The van der Waals surface area contributed by atoms with Crippen LogP contribution in [-0.4, -0.2) is 54.6 Å². The van der Waals surface area contributed by atoms with E-state index in [1.807, 2.05) is 20.8 Å². The second-order valence-electron chi connectivity index (χ2n) is 5.48. The minimum absolute atomic E-state index is 0.0580. The summed E-state index contributed by atoms with van der Waals surface area (Å²) in [5.74, 6) is 0. The summed E-state index contributed by atoms with van der Waals surface area (Å²) in [6.07, 6.45) is -0.424. The van der Waals surface area contributed by atoms with E-state index in [1.165, 1.54) is 0 Å². The fraction of sp³-hybridized carbons (Fsp3) is 1.00. The van der Waals surface area contributed by atoms with Crippen LogP contribution in [0.5, 0.6) is 0 Å². The van der Waals surface area contributed by atoms with Crippen molar-refractivity contribution in [3.63, 3.8) is 0 Å². The first-order valence-electron chi connectivity index (χ1n) is 4.83. The topological polar surface area (TPSA) is 29.5 Å². The lowest BCUT2D eigenvalue weighted by atomic mass is 9.93. The van der Waals surface area contributed by atoms with Gasteiger partial charge in [0.1, 0.15) is 17.7 Å². The molecule has 3 nitrogen and oxygen atoms in total. The molecule has 0 saturated carbocycles. The Bertz CT molecular complexity index is 196. The van der Waals surface area contributed by atoms with Gasteiger partial charge < -0.3 is 14.3 Å². The standard InChI is InChI=1S/C10H22NO2/c1-7-8(12)9(11(4,5)6)10(2,3)13-7/h7-9,12H,1-6H3/q+1/t7?,8-,9?/m1/s1. The zero-order valence-electron chi connectivity index (χ0n) is 9.53. The van der Waals surface area contributed by atoms with Gasteiger partial charge in [0, 0.05) is 0 Å². The molecular weight excluding hydrogens is 166 g/mol. The highest BCUT2D eigenvalue weighted by Gasteiger charge is 2.54. The Morgan fingerprint density at radius 3 is 1.85 bits per heavy atom. The number of aliphatic hydroxyl groups excluding tert-OH is 1. The smallest absolute Gasteiger partial charge is 0.146 e. The van der Waals surface area contributed by atoms with Gasteiger partial charge >= 0.3 is 0 Å². The molecule has 3 atom stereocenters. The molecule has 0 aromatic carbocycles. The van der Waals surface area contributed by atoms with E-state index in [1.54, 1.807) is 0 Å². The normalized spacial score (nSPS) is 39.5. The zero-order chi connectivity index (χ0) is 10.4. The van der Waals surface area contributed by atoms with E-state index in [0.717, 1.165) is 4.48 Å². The molecule has 3 heteroatoms. The van der Waals surface area contributed by atoms with Crippen molar-refractivity contribution in [2.45, 2.75) is 44.6 Å². The highest BCUT2D eigenvalue weighted by molar-refractivity contribution is 4.96. The van der Waals surface area contributed by atoms with Crippen LogP contribution in [0, 0.1) is 0 Å². The van der Waals surface area contributed by atoms with Gasteiger partial charge in [-0.25, -0.2) is 0 Å². The van der Waals surface area contributed by atoms with Crippen LogP contribution < -0.4 is 0 Å². The lowest BCUT2D eigenvalue weighted by Gasteiger charge is -2.39. The molecule has 1 aliphatic rings. The van der Waals surface area contributed by atoms with Gasteiger partial charge in [0.2, 0.25) is 0 Å². The monoisotopic (exact) mass is 188 g/mol. The second kappa shape index (κ2) is 2.94. The van der Waals surface area contributed by atoms with Crippen molar-refractivity contribution in [1.29, 1.82) is 0 Å². The number of nitrogens with zero attached hydrogens (tertiary/aromatic N) is 1. The van der Waals surface area contributed by atoms with Crippen LogP contribution in [0.1, 0.15) is 20.8 Å². The van der Waals surface area contributed by atoms with Gasteiger partial charge in [-0.05, 0) is 20.8 Å². The first kappa shape index (κ1) is 11.0. The molecule has 1 saturated heterocycles. The van der Waals surface area contributed by atoms with E-state index < -0.39 is 0 Å². The van der Waals surface area contributed by atoms with E-state index >= 15 is 0 Å². The highest BCUT2D eigenvalue weighted by Crippen LogP contribution is 2.35. The number of hydrogen-bond donors (Lipinski definition) is 1. The summed E-state index contributed by atoms with van der Waals surface area (Å²) in [4.78, 5) is 0. The van der Waals surface area contributed by atoms with Crippen LogP contribution in [0.15, 0.2) is 0 Å². The molecule has 1 aliphatic heterocycles. The fourth-order valence-corrected chi connectivity index (χ4v) is 2.68. The zero-order valence-corrected chi connectivity index (χ0v) is 9.53. The fourth-order valence-electron chi connectivity index (χ4n) is 2.68. The van der Waals surface area contributed by atoms with Crippen LogP contribution in [0.4, 0.5) is 0 Å². The maximum atomic E-state index is 9.99. The summed E-state index contributed by atoms with van der Waals surface area (Å²) in [7, 11) is 6.28. The van der Waals surface area contributed by atoms with Crippen LogP contribution >= 0.6 is 0 Å². The third kappa shape index (κ3) is 1.87. The minimum atomic E-state index is -0.366. The molecule has 1 fully saturated rings. The first-order chi connectivity index (χ1) is 5.66. The maximum absolute atomic E-state index is 9.99. The molecule has 0 radical (unpaired) electrons. The van der Waals surface area contributed by atoms with Gasteiger partial charge in [-0.15, -0.1) is 0 Å². The number of quaternary nitrogens is 1. The summed E-state index contributed by atoms with van der Waals surface area (Å²) >= 11 is 0. The highest BCUT2D eigenvalue weighted by atomic mass is 16.5. The molecule has 1 rings (SSSR count). The van der Waals surface area contributed by atoms with E-state index in [4.69, 9.17) is 4.74 Å². The molecule has 0 aromatic rings. The summed E-state index contributed by atoms with van der Waals surface area (Å²) in [6.45, 7) is 6.03. The van der Waals surface area contributed by atoms with Crippen molar-refractivity contribution < 1.29 is 14.3 Å². The second-order valence-corrected chi connectivity index (χ2v) is 5.48. The van der Waals surface area contributed by atoms with Crippen molar-refractivity contribution in [1.82, 2.24) is 0 Å². The maximum Gasteiger partial charge on any atom is 0.146 e.